The van der Waals surface area contributed by atoms with E-state index in [1.54, 1.807) is 72.0 Å². The highest BCUT2D eigenvalue weighted by atomic mass is 32.2. The predicted octanol–water partition coefficient (Wildman–Crippen LogP) is 7.42. The van der Waals surface area contributed by atoms with E-state index in [9.17, 15) is 14.4 Å². The van der Waals surface area contributed by atoms with Gasteiger partial charge in [0.1, 0.15) is 5.70 Å². The van der Waals surface area contributed by atoms with E-state index in [0.29, 0.717) is 33.4 Å². The van der Waals surface area contributed by atoms with Crippen LogP contribution in [0.1, 0.15) is 22.8 Å². The van der Waals surface area contributed by atoms with Gasteiger partial charge in [-0.3, -0.25) is 14.4 Å². The van der Waals surface area contributed by atoms with Crippen molar-refractivity contribution in [2.24, 2.45) is 0 Å². The fourth-order valence-electron chi connectivity index (χ4n) is 4.20. The molecule has 5 rings (SSSR count). The molecule has 1 unspecified atom stereocenters. The van der Waals surface area contributed by atoms with Crippen LogP contribution in [0.2, 0.25) is 0 Å². The van der Waals surface area contributed by atoms with Crippen LogP contribution in [-0.2, 0) is 9.59 Å². The van der Waals surface area contributed by atoms with E-state index in [-0.39, 0.29) is 11.6 Å². The van der Waals surface area contributed by atoms with E-state index in [1.807, 2.05) is 48.0 Å². The summed E-state index contributed by atoms with van der Waals surface area (Å²) >= 11 is 4.37. The fourth-order valence-corrected chi connectivity index (χ4v) is 6.54. The van der Waals surface area contributed by atoms with Gasteiger partial charge < -0.3 is 25.4 Å². The van der Waals surface area contributed by atoms with Crippen molar-refractivity contribution >= 4 is 69.1 Å². The Balaban J connectivity index is 1.25. The Bertz CT molecular complexity index is 1840. The Kier molecular flexibility index (Phi) is 10.9. The SMILES string of the molecule is COc1ccc(/C=C(\NC(=O)c2ccccc2)C(=O)Nc2ccc(SC(C)C(=O)Nc3nc(-c4cccs4)cs3)cc2)cc1OC. The van der Waals surface area contributed by atoms with Gasteiger partial charge in [0.25, 0.3) is 11.8 Å². The topological polar surface area (TPSA) is 119 Å². The number of carbonyl (C=O) groups is 3. The third-order valence-electron chi connectivity index (χ3n) is 6.55. The second-order valence-corrected chi connectivity index (χ2v) is 13.0. The van der Waals surface area contributed by atoms with Crippen LogP contribution >= 0.6 is 34.4 Å². The lowest BCUT2D eigenvalue weighted by Crippen LogP contribution is -2.30. The second kappa shape index (κ2) is 15.4. The van der Waals surface area contributed by atoms with Gasteiger partial charge in [0.2, 0.25) is 5.91 Å². The van der Waals surface area contributed by atoms with E-state index >= 15 is 0 Å². The van der Waals surface area contributed by atoms with E-state index in [4.69, 9.17) is 9.47 Å². The molecule has 3 N–H and O–H groups in total. The summed E-state index contributed by atoms with van der Waals surface area (Å²) in [7, 11) is 3.06. The number of thioether (sulfide) groups is 1. The molecular weight excluding hydrogens is 641 g/mol. The average molecular weight is 671 g/mol. The van der Waals surface area contributed by atoms with E-state index in [1.165, 1.54) is 37.3 Å². The van der Waals surface area contributed by atoms with Gasteiger partial charge in [-0.25, -0.2) is 4.98 Å². The number of methoxy groups -OCH3 is 2. The Hall–Kier alpha value is -4.91. The molecule has 46 heavy (non-hydrogen) atoms. The standard InChI is InChI=1S/C34H30N4O5S3/c1-21(31(39)38-34-37-27(20-45-34)30-10-7-17-44-30)46-25-14-12-24(13-15-25)35-33(41)26(36-32(40)23-8-5-4-6-9-23)18-22-11-16-28(42-2)29(19-22)43-3/h4-21H,1-3H3,(H,35,41)(H,36,40)(H,37,38,39)/b26-18-. The molecule has 0 bridgehead atoms. The normalized spacial score (nSPS) is 11.8. The van der Waals surface area contributed by atoms with Gasteiger partial charge in [0.15, 0.2) is 16.6 Å². The number of carbonyl (C=O) groups excluding carboxylic acids is 3. The summed E-state index contributed by atoms with van der Waals surface area (Å²) in [5.74, 6) is -0.0838. The molecule has 0 radical (unpaired) electrons. The molecule has 2 aromatic heterocycles. The molecule has 234 valence electrons. The highest BCUT2D eigenvalue weighted by Gasteiger charge is 2.18. The van der Waals surface area contributed by atoms with Crippen molar-refractivity contribution in [2.75, 3.05) is 24.9 Å². The summed E-state index contributed by atoms with van der Waals surface area (Å²) in [5.41, 5.74) is 2.42. The van der Waals surface area contributed by atoms with Crippen LogP contribution in [0.15, 0.2) is 106 Å². The monoisotopic (exact) mass is 670 g/mol. The molecule has 0 saturated heterocycles. The number of nitrogens with one attached hydrogen (secondary N) is 3. The van der Waals surface area contributed by atoms with E-state index in [0.717, 1.165) is 15.5 Å². The number of benzene rings is 3. The maximum absolute atomic E-state index is 13.5. The van der Waals surface area contributed by atoms with E-state index in [2.05, 4.69) is 20.9 Å². The second-order valence-electron chi connectivity index (χ2n) is 9.74. The minimum Gasteiger partial charge on any atom is -0.493 e. The average Bonchev–Trinajstić information content (AvgIpc) is 3.78. The lowest BCUT2D eigenvalue weighted by atomic mass is 10.1. The lowest BCUT2D eigenvalue weighted by molar-refractivity contribution is -0.115. The Labute approximate surface area is 278 Å². The Morgan fingerprint density at radius 3 is 2.33 bits per heavy atom. The van der Waals surface area contributed by atoms with Gasteiger partial charge in [-0.1, -0.05) is 30.3 Å². The zero-order valence-corrected chi connectivity index (χ0v) is 27.6. The van der Waals surface area contributed by atoms with Crippen LogP contribution in [0.3, 0.4) is 0 Å². The van der Waals surface area contributed by atoms with Gasteiger partial charge in [-0.05, 0) is 78.5 Å². The van der Waals surface area contributed by atoms with Crippen LogP contribution in [0.5, 0.6) is 11.5 Å². The van der Waals surface area contributed by atoms with Crippen molar-refractivity contribution in [1.29, 1.82) is 0 Å². The van der Waals surface area contributed by atoms with Crippen LogP contribution in [0, 0.1) is 0 Å². The number of amides is 3. The first-order valence-corrected chi connectivity index (χ1v) is 16.7. The summed E-state index contributed by atoms with van der Waals surface area (Å²) in [4.78, 5) is 45.7. The maximum atomic E-state index is 13.5. The largest absolute Gasteiger partial charge is 0.493 e. The zero-order valence-electron chi connectivity index (χ0n) is 25.1. The Morgan fingerprint density at radius 2 is 1.63 bits per heavy atom. The van der Waals surface area contributed by atoms with E-state index < -0.39 is 17.1 Å². The third kappa shape index (κ3) is 8.42. The van der Waals surface area contributed by atoms with Crippen molar-refractivity contribution in [3.05, 3.63) is 113 Å². The molecule has 3 aromatic carbocycles. The first-order chi connectivity index (χ1) is 22.3. The summed E-state index contributed by atoms with van der Waals surface area (Å²) < 4.78 is 10.7. The number of hydrogen-bond acceptors (Lipinski definition) is 9. The summed E-state index contributed by atoms with van der Waals surface area (Å²) in [5, 5.41) is 12.5. The molecular formula is C34H30N4O5S3. The molecule has 1 atom stereocenters. The highest BCUT2D eigenvalue weighted by molar-refractivity contribution is 8.00. The molecule has 0 aliphatic rings. The van der Waals surface area contributed by atoms with Gasteiger partial charge in [0.05, 0.1) is 30.0 Å². The van der Waals surface area contributed by atoms with Crippen molar-refractivity contribution < 1.29 is 23.9 Å². The minimum absolute atomic E-state index is 0.0363. The first-order valence-electron chi connectivity index (χ1n) is 14.0. The number of rotatable bonds is 12. The zero-order chi connectivity index (χ0) is 32.5. The van der Waals surface area contributed by atoms with Gasteiger partial charge in [0, 0.05) is 21.5 Å². The van der Waals surface area contributed by atoms with Gasteiger partial charge >= 0.3 is 0 Å². The highest BCUT2D eigenvalue weighted by Crippen LogP contribution is 2.31. The van der Waals surface area contributed by atoms with Crippen molar-refractivity contribution in [2.45, 2.75) is 17.1 Å². The summed E-state index contributed by atoms with van der Waals surface area (Å²) in [6, 6.07) is 24.9. The van der Waals surface area contributed by atoms with Crippen LogP contribution in [0.25, 0.3) is 16.6 Å². The smallest absolute Gasteiger partial charge is 0.272 e. The third-order valence-corrected chi connectivity index (χ3v) is 9.31. The molecule has 5 aromatic rings. The quantitative estimate of drug-likeness (QED) is 0.0934. The number of thiophene rings is 1. The van der Waals surface area contributed by atoms with Crippen LogP contribution < -0.4 is 25.4 Å². The predicted molar refractivity (Wildman–Crippen MR) is 186 cm³/mol. The summed E-state index contributed by atoms with van der Waals surface area (Å²) in [6.45, 7) is 1.82. The number of nitrogens with zero attached hydrogens (tertiary/aromatic N) is 1. The molecule has 12 heteroatoms. The molecule has 9 nitrogen and oxygen atoms in total. The van der Waals surface area contributed by atoms with Gasteiger partial charge in [-0.2, -0.15) is 0 Å². The molecule has 0 spiro atoms. The maximum Gasteiger partial charge on any atom is 0.272 e. The number of anilines is 2. The Morgan fingerprint density at radius 1 is 0.870 bits per heavy atom. The lowest BCUT2D eigenvalue weighted by Gasteiger charge is -2.13. The number of ether oxygens (including phenoxy) is 2. The minimum atomic E-state index is -0.516. The molecule has 3 amide bonds. The fraction of sp³-hybridized carbons (Fsp3) is 0.118. The molecule has 2 heterocycles. The molecule has 0 fully saturated rings. The van der Waals surface area contributed by atoms with Crippen LogP contribution in [-0.4, -0.2) is 42.2 Å². The van der Waals surface area contributed by atoms with Gasteiger partial charge in [-0.15, -0.1) is 34.4 Å². The number of aromatic nitrogens is 1. The first kappa shape index (κ1) is 32.5. The molecule has 0 aliphatic carbocycles. The molecule has 0 aliphatic heterocycles. The van der Waals surface area contributed by atoms with Crippen molar-refractivity contribution in [3.63, 3.8) is 0 Å². The number of hydrogen-bond donors (Lipinski definition) is 3. The number of thiazole rings is 1. The molecule has 0 saturated carbocycles. The van der Waals surface area contributed by atoms with Crippen molar-refractivity contribution in [3.8, 4) is 22.1 Å². The van der Waals surface area contributed by atoms with Crippen molar-refractivity contribution in [1.82, 2.24) is 10.3 Å². The summed E-state index contributed by atoms with van der Waals surface area (Å²) in [6.07, 6.45) is 1.56. The van der Waals surface area contributed by atoms with Crippen LogP contribution in [0.4, 0.5) is 10.8 Å².